The molecule has 8 heteroatoms. The SMILES string of the molecule is OB(O)c1c(F)c(F)c2c(F)c(F)c3c(F)ccc4ccc1c2c43. The van der Waals surface area contributed by atoms with Gasteiger partial charge in [-0.25, -0.2) is 22.0 Å². The van der Waals surface area contributed by atoms with Crippen molar-refractivity contribution in [2.75, 3.05) is 0 Å². The van der Waals surface area contributed by atoms with E-state index in [1.807, 2.05) is 0 Å². The van der Waals surface area contributed by atoms with Crippen LogP contribution < -0.4 is 5.46 Å². The summed E-state index contributed by atoms with van der Waals surface area (Å²) in [5.74, 6) is -7.89. The molecule has 24 heavy (non-hydrogen) atoms. The van der Waals surface area contributed by atoms with E-state index >= 15 is 0 Å². The molecule has 0 aliphatic heterocycles. The molecule has 2 N–H and O–H groups in total. The minimum atomic E-state index is -2.39. The van der Waals surface area contributed by atoms with Crippen molar-refractivity contribution >= 4 is 44.9 Å². The van der Waals surface area contributed by atoms with Crippen molar-refractivity contribution in [2.24, 2.45) is 0 Å². The average Bonchev–Trinajstić information content (AvgIpc) is 2.53. The predicted molar refractivity (Wildman–Crippen MR) is 79.8 cm³/mol. The van der Waals surface area contributed by atoms with Crippen LogP contribution in [0.25, 0.3) is 32.3 Å². The molecule has 0 aromatic heterocycles. The highest BCUT2D eigenvalue weighted by Crippen LogP contribution is 2.40. The van der Waals surface area contributed by atoms with Crippen LogP contribution in [0.1, 0.15) is 0 Å². The summed E-state index contributed by atoms with van der Waals surface area (Å²) in [6.45, 7) is 0. The molecule has 0 aliphatic rings. The summed E-state index contributed by atoms with van der Waals surface area (Å²) in [5.41, 5.74) is -0.821. The van der Waals surface area contributed by atoms with Gasteiger partial charge in [0.25, 0.3) is 0 Å². The third-order valence-electron chi connectivity index (χ3n) is 4.21. The second kappa shape index (κ2) is 4.78. The molecule has 2 nitrogen and oxygen atoms in total. The van der Waals surface area contributed by atoms with Crippen LogP contribution >= 0.6 is 0 Å². The maximum absolute atomic E-state index is 14.3. The topological polar surface area (TPSA) is 40.5 Å². The summed E-state index contributed by atoms with van der Waals surface area (Å²) in [5, 5.41) is 16.6. The van der Waals surface area contributed by atoms with Crippen LogP contribution in [-0.2, 0) is 0 Å². The molecule has 0 radical (unpaired) electrons. The minimum absolute atomic E-state index is 0.151. The summed E-state index contributed by atoms with van der Waals surface area (Å²) in [7, 11) is -2.39. The Bertz CT molecular complexity index is 1140. The van der Waals surface area contributed by atoms with Crippen molar-refractivity contribution in [1.82, 2.24) is 0 Å². The fraction of sp³-hybridized carbons (Fsp3) is 0. The number of hydrogen-bond donors (Lipinski definition) is 2. The van der Waals surface area contributed by atoms with E-state index in [9.17, 15) is 32.0 Å². The van der Waals surface area contributed by atoms with Crippen LogP contribution in [0.4, 0.5) is 22.0 Å². The van der Waals surface area contributed by atoms with E-state index in [0.29, 0.717) is 0 Å². The molecule has 4 rings (SSSR count). The maximum atomic E-state index is 14.3. The summed E-state index contributed by atoms with van der Waals surface area (Å²) >= 11 is 0. The molecule has 0 aliphatic carbocycles. The Kier molecular flexibility index (Phi) is 3.01. The minimum Gasteiger partial charge on any atom is -0.423 e. The van der Waals surface area contributed by atoms with Crippen molar-refractivity contribution in [3.05, 3.63) is 53.4 Å². The van der Waals surface area contributed by atoms with Crippen LogP contribution in [-0.4, -0.2) is 17.2 Å². The van der Waals surface area contributed by atoms with Gasteiger partial charge in [0.1, 0.15) is 5.82 Å². The third-order valence-corrected chi connectivity index (χ3v) is 4.21. The van der Waals surface area contributed by atoms with Gasteiger partial charge in [0.05, 0.1) is 10.8 Å². The van der Waals surface area contributed by atoms with Crippen LogP contribution in [0.2, 0.25) is 0 Å². The van der Waals surface area contributed by atoms with Gasteiger partial charge in [-0.1, -0.05) is 18.2 Å². The van der Waals surface area contributed by atoms with E-state index in [-0.39, 0.29) is 21.5 Å². The van der Waals surface area contributed by atoms with E-state index in [0.717, 1.165) is 6.07 Å². The number of benzene rings is 4. The maximum Gasteiger partial charge on any atom is 0.492 e. The van der Waals surface area contributed by atoms with Crippen LogP contribution in [0, 0.1) is 29.1 Å². The van der Waals surface area contributed by atoms with Gasteiger partial charge in [0.15, 0.2) is 23.3 Å². The molecular weight excluding hydrogens is 330 g/mol. The first-order chi connectivity index (χ1) is 11.3. The average molecular weight is 336 g/mol. The molecule has 0 saturated carbocycles. The monoisotopic (exact) mass is 336 g/mol. The normalized spacial score (nSPS) is 12.0. The Hall–Kier alpha value is -2.45. The fourth-order valence-corrected chi connectivity index (χ4v) is 3.23. The zero-order chi connectivity index (χ0) is 17.3. The highest BCUT2D eigenvalue weighted by Gasteiger charge is 2.31. The van der Waals surface area contributed by atoms with Gasteiger partial charge >= 0.3 is 7.12 Å². The van der Waals surface area contributed by atoms with Gasteiger partial charge in [0.2, 0.25) is 0 Å². The lowest BCUT2D eigenvalue weighted by atomic mass is 9.74. The highest BCUT2D eigenvalue weighted by molar-refractivity contribution is 6.62. The Balaban J connectivity index is 2.48. The van der Waals surface area contributed by atoms with E-state index in [1.54, 1.807) is 0 Å². The lowest BCUT2D eigenvalue weighted by molar-refractivity contribution is 0.421. The van der Waals surface area contributed by atoms with Crippen LogP contribution in [0.3, 0.4) is 0 Å². The fourth-order valence-electron chi connectivity index (χ4n) is 3.23. The largest absolute Gasteiger partial charge is 0.492 e. The quantitative estimate of drug-likeness (QED) is 0.319. The Morgan fingerprint density at radius 3 is 1.88 bits per heavy atom. The van der Waals surface area contributed by atoms with Gasteiger partial charge in [-0.3, -0.25) is 0 Å². The Morgan fingerprint density at radius 2 is 1.21 bits per heavy atom. The molecule has 120 valence electrons. The standard InChI is InChI=1S/C16H6BF5O2/c18-7-4-2-5-1-3-6-9-8(5)10(7)13(19)14(20)11(9)15(21)16(22)12(6)17(23)24/h1-4,23-24H. The molecular formula is C16H6BF5O2. The first-order valence-corrected chi connectivity index (χ1v) is 6.82. The van der Waals surface area contributed by atoms with Gasteiger partial charge in [-0.2, -0.15) is 0 Å². The van der Waals surface area contributed by atoms with Crippen molar-refractivity contribution in [3.8, 4) is 0 Å². The predicted octanol–water partition coefficient (Wildman–Crippen LogP) is 2.96. The molecule has 0 saturated heterocycles. The number of rotatable bonds is 1. The van der Waals surface area contributed by atoms with E-state index in [2.05, 4.69) is 0 Å². The van der Waals surface area contributed by atoms with E-state index < -0.39 is 52.4 Å². The van der Waals surface area contributed by atoms with Crippen molar-refractivity contribution < 1.29 is 32.0 Å². The molecule has 0 spiro atoms. The first-order valence-electron chi connectivity index (χ1n) is 6.82. The van der Waals surface area contributed by atoms with Crippen LogP contribution in [0.15, 0.2) is 24.3 Å². The van der Waals surface area contributed by atoms with Gasteiger partial charge in [-0.05, 0) is 16.8 Å². The molecule has 0 atom stereocenters. The van der Waals surface area contributed by atoms with Crippen LogP contribution in [0.5, 0.6) is 0 Å². The Morgan fingerprint density at radius 1 is 0.625 bits per heavy atom. The number of hydrogen-bond acceptors (Lipinski definition) is 2. The Labute approximate surface area is 131 Å². The summed E-state index contributed by atoms with van der Waals surface area (Å²) in [6.07, 6.45) is 0. The van der Waals surface area contributed by atoms with Crippen molar-refractivity contribution in [3.63, 3.8) is 0 Å². The molecule has 0 heterocycles. The lowest BCUT2D eigenvalue weighted by Gasteiger charge is -2.17. The van der Waals surface area contributed by atoms with E-state index in [4.69, 9.17) is 0 Å². The third kappa shape index (κ3) is 1.67. The molecule has 0 amide bonds. The van der Waals surface area contributed by atoms with E-state index in [1.165, 1.54) is 18.2 Å². The molecule has 0 bridgehead atoms. The summed E-state index contributed by atoms with van der Waals surface area (Å²) in [6, 6.07) is 4.79. The second-order valence-electron chi connectivity index (χ2n) is 5.43. The van der Waals surface area contributed by atoms with Gasteiger partial charge in [-0.15, -0.1) is 0 Å². The van der Waals surface area contributed by atoms with Crippen molar-refractivity contribution in [1.29, 1.82) is 0 Å². The summed E-state index contributed by atoms with van der Waals surface area (Å²) < 4.78 is 71.1. The second-order valence-corrected chi connectivity index (χ2v) is 5.43. The smallest absolute Gasteiger partial charge is 0.423 e. The molecule has 4 aromatic rings. The number of halogens is 5. The van der Waals surface area contributed by atoms with Crippen molar-refractivity contribution in [2.45, 2.75) is 0 Å². The van der Waals surface area contributed by atoms with Gasteiger partial charge < -0.3 is 10.0 Å². The summed E-state index contributed by atoms with van der Waals surface area (Å²) in [4.78, 5) is 0. The van der Waals surface area contributed by atoms with Gasteiger partial charge in [0, 0.05) is 16.2 Å². The first kappa shape index (κ1) is 15.1. The molecule has 4 aromatic carbocycles. The molecule has 0 fully saturated rings. The highest BCUT2D eigenvalue weighted by atomic mass is 19.2. The zero-order valence-corrected chi connectivity index (χ0v) is 11.7. The lowest BCUT2D eigenvalue weighted by Crippen LogP contribution is -2.34. The molecule has 0 unspecified atom stereocenters. The zero-order valence-electron chi connectivity index (χ0n) is 11.7.